The Bertz CT molecular complexity index is 1040. The van der Waals surface area contributed by atoms with Gasteiger partial charge < -0.3 is 9.72 Å². The molecular weight excluding hydrogens is 451 g/mol. The Balaban J connectivity index is 1.85. The average Bonchev–Trinajstić information content (AvgIpc) is 3.02. The van der Waals surface area contributed by atoms with Crippen molar-refractivity contribution in [2.45, 2.75) is 11.4 Å². The Morgan fingerprint density at radius 2 is 1.84 bits per heavy atom. The standard InChI is InChI=1S/C18H15IN2O3S/c1-24-13-6-8-14(9-7-13)25(22,23)21-11-12-4-2-3-5-15(12)18-16(21)10-17(19)20-18/h2-10,20H,11H2,1H3. The molecule has 0 unspecified atom stereocenters. The maximum absolute atomic E-state index is 13.2. The van der Waals surface area contributed by atoms with Gasteiger partial charge in [0.25, 0.3) is 10.0 Å². The van der Waals surface area contributed by atoms with Crippen molar-refractivity contribution < 1.29 is 13.2 Å². The third-order valence-corrected chi connectivity index (χ3v) is 6.64. The van der Waals surface area contributed by atoms with Gasteiger partial charge in [-0.25, -0.2) is 8.42 Å². The van der Waals surface area contributed by atoms with Crippen LogP contribution in [0.2, 0.25) is 0 Å². The molecule has 128 valence electrons. The van der Waals surface area contributed by atoms with Crippen molar-refractivity contribution in [3.8, 4) is 17.0 Å². The lowest BCUT2D eigenvalue weighted by atomic mass is 10.0. The number of aromatic amines is 1. The second-order valence-corrected chi connectivity index (χ2v) is 8.75. The minimum atomic E-state index is -3.68. The van der Waals surface area contributed by atoms with Gasteiger partial charge in [0.2, 0.25) is 0 Å². The van der Waals surface area contributed by atoms with E-state index in [1.54, 1.807) is 31.4 Å². The van der Waals surface area contributed by atoms with Gasteiger partial charge in [-0.15, -0.1) is 0 Å². The van der Waals surface area contributed by atoms with Gasteiger partial charge in [0.05, 0.1) is 33.6 Å². The summed E-state index contributed by atoms with van der Waals surface area (Å²) in [6, 6.07) is 16.2. The smallest absolute Gasteiger partial charge is 0.264 e. The number of fused-ring (bicyclic) bond motifs is 3. The molecule has 0 saturated carbocycles. The lowest BCUT2D eigenvalue weighted by Crippen LogP contribution is -2.32. The third-order valence-electron chi connectivity index (χ3n) is 4.28. The van der Waals surface area contributed by atoms with E-state index in [4.69, 9.17) is 4.74 Å². The van der Waals surface area contributed by atoms with Crippen molar-refractivity contribution in [3.05, 3.63) is 63.9 Å². The first-order chi connectivity index (χ1) is 12.0. The summed E-state index contributed by atoms with van der Waals surface area (Å²) in [4.78, 5) is 3.53. The van der Waals surface area contributed by atoms with Crippen LogP contribution >= 0.6 is 22.6 Å². The molecular formula is C18H15IN2O3S. The molecule has 7 heteroatoms. The molecule has 1 aliphatic heterocycles. The molecule has 0 radical (unpaired) electrons. The van der Waals surface area contributed by atoms with Gasteiger partial charge in [-0.2, -0.15) is 0 Å². The van der Waals surface area contributed by atoms with E-state index in [9.17, 15) is 8.42 Å². The predicted molar refractivity (Wildman–Crippen MR) is 105 cm³/mol. The zero-order valence-electron chi connectivity index (χ0n) is 13.4. The number of nitrogens with one attached hydrogen (secondary N) is 1. The molecule has 0 bridgehead atoms. The SMILES string of the molecule is COc1ccc(S(=O)(=O)N2Cc3ccccc3-c3[nH]c(I)cc32)cc1. The zero-order valence-corrected chi connectivity index (χ0v) is 16.3. The minimum absolute atomic E-state index is 0.245. The number of hydrogen-bond acceptors (Lipinski definition) is 3. The van der Waals surface area contributed by atoms with E-state index in [2.05, 4.69) is 27.6 Å². The van der Waals surface area contributed by atoms with Crippen LogP contribution < -0.4 is 9.04 Å². The highest BCUT2D eigenvalue weighted by Gasteiger charge is 2.33. The van der Waals surface area contributed by atoms with Crippen molar-refractivity contribution >= 4 is 38.3 Å². The Hall–Kier alpha value is -2.00. The number of benzene rings is 2. The molecule has 2 aromatic carbocycles. The van der Waals surface area contributed by atoms with Crippen molar-refractivity contribution in [1.82, 2.24) is 4.98 Å². The molecule has 1 N–H and O–H groups in total. The zero-order chi connectivity index (χ0) is 17.6. The number of methoxy groups -OCH3 is 1. The number of halogens is 1. The lowest BCUT2D eigenvalue weighted by Gasteiger charge is -2.29. The summed E-state index contributed by atoms with van der Waals surface area (Å²) >= 11 is 2.17. The second-order valence-electron chi connectivity index (χ2n) is 5.72. The molecule has 0 spiro atoms. The van der Waals surface area contributed by atoms with E-state index in [1.807, 2.05) is 30.3 Å². The monoisotopic (exact) mass is 466 g/mol. The predicted octanol–water partition coefficient (Wildman–Crippen LogP) is 4.00. The summed E-state index contributed by atoms with van der Waals surface area (Å²) in [6.07, 6.45) is 0. The maximum Gasteiger partial charge on any atom is 0.264 e. The molecule has 0 aliphatic carbocycles. The molecule has 3 aromatic rings. The fourth-order valence-corrected chi connectivity index (χ4v) is 5.06. The fraction of sp³-hybridized carbons (Fsp3) is 0.111. The number of anilines is 1. The largest absolute Gasteiger partial charge is 0.497 e. The van der Waals surface area contributed by atoms with Crippen molar-refractivity contribution in [2.24, 2.45) is 0 Å². The molecule has 0 fully saturated rings. The second kappa shape index (κ2) is 6.06. The molecule has 0 saturated heterocycles. The van der Waals surface area contributed by atoms with E-state index >= 15 is 0 Å². The molecule has 0 amide bonds. The highest BCUT2D eigenvalue weighted by atomic mass is 127. The van der Waals surface area contributed by atoms with Crippen LogP contribution in [-0.2, 0) is 16.6 Å². The topological polar surface area (TPSA) is 62.4 Å². The first-order valence-electron chi connectivity index (χ1n) is 7.64. The quantitative estimate of drug-likeness (QED) is 0.594. The summed E-state index contributed by atoms with van der Waals surface area (Å²) in [5.41, 5.74) is 3.54. The van der Waals surface area contributed by atoms with Gasteiger partial charge in [-0.05, 0) is 58.5 Å². The number of rotatable bonds is 3. The van der Waals surface area contributed by atoms with Crippen molar-refractivity contribution in [3.63, 3.8) is 0 Å². The summed E-state index contributed by atoms with van der Waals surface area (Å²) in [5, 5.41) is 0. The molecule has 1 aliphatic rings. The van der Waals surface area contributed by atoms with Crippen LogP contribution in [-0.4, -0.2) is 20.5 Å². The highest BCUT2D eigenvalue weighted by molar-refractivity contribution is 14.1. The summed E-state index contributed by atoms with van der Waals surface area (Å²) < 4.78 is 34.0. The van der Waals surface area contributed by atoms with Crippen LogP contribution in [0.4, 0.5) is 5.69 Å². The number of sulfonamides is 1. The lowest BCUT2D eigenvalue weighted by molar-refractivity contribution is 0.414. The van der Waals surface area contributed by atoms with Crippen LogP contribution in [0.15, 0.2) is 59.5 Å². The first kappa shape index (κ1) is 16.5. The van der Waals surface area contributed by atoms with Crippen molar-refractivity contribution in [2.75, 3.05) is 11.4 Å². The Kier molecular flexibility index (Phi) is 3.99. The van der Waals surface area contributed by atoms with Crippen LogP contribution in [0.25, 0.3) is 11.3 Å². The molecule has 4 rings (SSSR count). The van der Waals surface area contributed by atoms with Crippen LogP contribution in [0, 0.1) is 3.70 Å². The summed E-state index contributed by atoms with van der Waals surface area (Å²) in [5.74, 6) is 0.625. The van der Waals surface area contributed by atoms with Gasteiger partial charge in [0.1, 0.15) is 5.75 Å². The normalized spacial score (nSPS) is 13.3. The average molecular weight is 466 g/mol. The Morgan fingerprint density at radius 1 is 1.12 bits per heavy atom. The van der Waals surface area contributed by atoms with E-state index in [1.165, 1.54) is 4.31 Å². The van der Waals surface area contributed by atoms with E-state index < -0.39 is 10.0 Å². The summed E-state index contributed by atoms with van der Waals surface area (Å²) in [6.45, 7) is 0.311. The van der Waals surface area contributed by atoms with Crippen LogP contribution in [0.3, 0.4) is 0 Å². The van der Waals surface area contributed by atoms with E-state index in [0.717, 1.165) is 20.5 Å². The van der Waals surface area contributed by atoms with Gasteiger partial charge in [-0.3, -0.25) is 4.31 Å². The van der Waals surface area contributed by atoms with Crippen LogP contribution in [0.5, 0.6) is 5.75 Å². The minimum Gasteiger partial charge on any atom is -0.497 e. The van der Waals surface area contributed by atoms with E-state index in [-0.39, 0.29) is 4.90 Å². The molecule has 5 nitrogen and oxygen atoms in total. The number of aromatic nitrogens is 1. The number of ether oxygens (including phenoxy) is 1. The molecule has 1 aromatic heterocycles. The number of hydrogen-bond donors (Lipinski definition) is 1. The molecule has 25 heavy (non-hydrogen) atoms. The highest BCUT2D eigenvalue weighted by Crippen LogP contribution is 2.42. The van der Waals surface area contributed by atoms with Gasteiger partial charge >= 0.3 is 0 Å². The van der Waals surface area contributed by atoms with E-state index in [0.29, 0.717) is 18.0 Å². The van der Waals surface area contributed by atoms with Gasteiger partial charge in [0.15, 0.2) is 0 Å². The first-order valence-corrected chi connectivity index (χ1v) is 10.2. The van der Waals surface area contributed by atoms with Gasteiger partial charge in [0, 0.05) is 5.56 Å². The number of H-pyrrole nitrogens is 1. The third kappa shape index (κ3) is 2.71. The summed E-state index contributed by atoms with van der Waals surface area (Å²) in [7, 11) is -2.12. The fourth-order valence-electron chi connectivity index (χ4n) is 3.05. The Morgan fingerprint density at radius 3 is 2.56 bits per heavy atom. The maximum atomic E-state index is 13.2. The molecule has 0 atom stereocenters. The number of nitrogens with zero attached hydrogens (tertiary/aromatic N) is 1. The Labute approximate surface area is 159 Å². The van der Waals surface area contributed by atoms with Crippen LogP contribution in [0.1, 0.15) is 5.56 Å². The van der Waals surface area contributed by atoms with Crippen molar-refractivity contribution in [1.29, 1.82) is 0 Å². The van der Waals surface area contributed by atoms with Gasteiger partial charge in [-0.1, -0.05) is 24.3 Å². The molecule has 2 heterocycles.